The van der Waals surface area contributed by atoms with Crippen molar-refractivity contribution in [2.45, 2.75) is 39.2 Å². The van der Waals surface area contributed by atoms with Gasteiger partial charge >= 0.3 is 0 Å². The normalized spacial score (nSPS) is 19.3. The van der Waals surface area contributed by atoms with Gasteiger partial charge in [0.25, 0.3) is 0 Å². The molecule has 2 rings (SSSR count). The van der Waals surface area contributed by atoms with E-state index in [9.17, 15) is 0 Å². The van der Waals surface area contributed by atoms with E-state index in [1.807, 2.05) is 14.0 Å². The van der Waals surface area contributed by atoms with E-state index in [0.29, 0.717) is 12.0 Å². The van der Waals surface area contributed by atoms with Gasteiger partial charge in [-0.05, 0) is 13.3 Å². The molecule has 1 aliphatic heterocycles. The van der Waals surface area contributed by atoms with E-state index in [-0.39, 0.29) is 0 Å². The monoisotopic (exact) mass is 250 g/mol. The molecule has 0 amide bonds. The van der Waals surface area contributed by atoms with Gasteiger partial charge in [0.05, 0.1) is 12.6 Å². The number of rotatable bonds is 4. The second-order valence-electron chi connectivity index (χ2n) is 5.01. The average Bonchev–Trinajstić information content (AvgIpc) is 2.84. The van der Waals surface area contributed by atoms with E-state index in [0.717, 1.165) is 42.7 Å². The van der Waals surface area contributed by atoms with E-state index in [1.165, 1.54) is 0 Å². The van der Waals surface area contributed by atoms with Gasteiger partial charge in [-0.25, -0.2) is 9.97 Å². The highest BCUT2D eigenvalue weighted by Crippen LogP contribution is 2.24. The molecule has 5 heteroatoms. The molecule has 2 heterocycles. The predicted octanol–water partition coefficient (Wildman–Crippen LogP) is 2.15. The van der Waals surface area contributed by atoms with Crippen LogP contribution in [0.15, 0.2) is 0 Å². The van der Waals surface area contributed by atoms with Crippen molar-refractivity contribution in [1.82, 2.24) is 9.97 Å². The summed E-state index contributed by atoms with van der Waals surface area (Å²) in [4.78, 5) is 9.16. The van der Waals surface area contributed by atoms with Crippen molar-refractivity contribution >= 4 is 11.6 Å². The Labute approximate surface area is 108 Å². The summed E-state index contributed by atoms with van der Waals surface area (Å²) in [5.74, 6) is 3.01. The van der Waals surface area contributed by atoms with Gasteiger partial charge in [-0.3, -0.25) is 0 Å². The van der Waals surface area contributed by atoms with Crippen molar-refractivity contribution in [3.63, 3.8) is 0 Å². The summed E-state index contributed by atoms with van der Waals surface area (Å²) in [5.41, 5.74) is 1.06. The van der Waals surface area contributed by atoms with E-state index < -0.39 is 0 Å². The number of nitrogens with zero attached hydrogens (tertiary/aromatic N) is 2. The lowest BCUT2D eigenvalue weighted by Crippen LogP contribution is -2.21. The summed E-state index contributed by atoms with van der Waals surface area (Å²) in [6.45, 7) is 7.83. The molecular formula is C13H22N4O. The molecule has 0 aromatic carbocycles. The predicted molar refractivity (Wildman–Crippen MR) is 73.3 cm³/mol. The van der Waals surface area contributed by atoms with Crippen molar-refractivity contribution in [2.75, 3.05) is 30.9 Å². The Hall–Kier alpha value is -1.36. The molecule has 1 atom stereocenters. The molecule has 0 saturated carbocycles. The summed E-state index contributed by atoms with van der Waals surface area (Å²) in [7, 11) is 1.89. The maximum absolute atomic E-state index is 5.38. The Kier molecular flexibility index (Phi) is 4.01. The first-order chi connectivity index (χ1) is 8.61. The Morgan fingerprint density at radius 2 is 2.00 bits per heavy atom. The Bertz CT molecular complexity index is 414. The van der Waals surface area contributed by atoms with Crippen LogP contribution in [0.1, 0.15) is 37.6 Å². The molecule has 0 radical (unpaired) electrons. The standard InChI is InChI=1S/C13H22N4O/c1-8(2)11-16-12(14-4)9(3)13(17-11)15-10-5-6-18-7-10/h8,10H,5-7H2,1-4H3,(H2,14,15,16,17). The van der Waals surface area contributed by atoms with Gasteiger partial charge in [0.15, 0.2) is 0 Å². The first-order valence-corrected chi connectivity index (χ1v) is 6.52. The fourth-order valence-corrected chi connectivity index (χ4v) is 2.02. The zero-order valence-corrected chi connectivity index (χ0v) is 11.6. The fraction of sp³-hybridized carbons (Fsp3) is 0.692. The van der Waals surface area contributed by atoms with Crippen molar-refractivity contribution < 1.29 is 4.74 Å². The van der Waals surface area contributed by atoms with Crippen LogP contribution in [0.5, 0.6) is 0 Å². The molecule has 1 aromatic heterocycles. The minimum absolute atomic E-state index is 0.318. The molecule has 2 N–H and O–H groups in total. The molecule has 0 bridgehead atoms. The molecule has 1 aromatic rings. The third-order valence-corrected chi connectivity index (χ3v) is 3.19. The van der Waals surface area contributed by atoms with Crippen molar-refractivity contribution in [1.29, 1.82) is 0 Å². The fourth-order valence-electron chi connectivity index (χ4n) is 2.02. The third kappa shape index (κ3) is 2.72. The van der Waals surface area contributed by atoms with Crippen LogP contribution >= 0.6 is 0 Å². The van der Waals surface area contributed by atoms with Gasteiger partial charge in [-0.15, -0.1) is 0 Å². The first kappa shape index (κ1) is 13.1. The third-order valence-electron chi connectivity index (χ3n) is 3.19. The maximum Gasteiger partial charge on any atom is 0.135 e. The van der Waals surface area contributed by atoms with Gasteiger partial charge in [0, 0.05) is 25.1 Å². The number of ether oxygens (including phenoxy) is 1. The van der Waals surface area contributed by atoms with E-state index in [2.05, 4.69) is 34.4 Å². The summed E-state index contributed by atoms with van der Waals surface area (Å²) in [6, 6.07) is 0.364. The number of aromatic nitrogens is 2. The maximum atomic E-state index is 5.38. The lowest BCUT2D eigenvalue weighted by atomic mass is 10.2. The SMILES string of the molecule is CNc1nc(C(C)C)nc(NC2CCOC2)c1C. The number of hydrogen-bond donors (Lipinski definition) is 2. The van der Waals surface area contributed by atoms with Gasteiger partial charge in [0.2, 0.25) is 0 Å². The highest BCUT2D eigenvalue weighted by molar-refractivity contribution is 5.57. The molecule has 100 valence electrons. The Morgan fingerprint density at radius 3 is 2.56 bits per heavy atom. The van der Waals surface area contributed by atoms with Gasteiger partial charge in [-0.1, -0.05) is 13.8 Å². The van der Waals surface area contributed by atoms with E-state index in [1.54, 1.807) is 0 Å². The van der Waals surface area contributed by atoms with Crippen LogP contribution < -0.4 is 10.6 Å². The molecule has 1 saturated heterocycles. The molecular weight excluding hydrogens is 228 g/mol. The lowest BCUT2D eigenvalue weighted by molar-refractivity contribution is 0.195. The summed E-state index contributed by atoms with van der Waals surface area (Å²) in [5, 5.41) is 6.60. The minimum Gasteiger partial charge on any atom is -0.379 e. The number of nitrogens with one attached hydrogen (secondary N) is 2. The lowest BCUT2D eigenvalue weighted by Gasteiger charge is -2.17. The second-order valence-corrected chi connectivity index (χ2v) is 5.01. The molecule has 5 nitrogen and oxygen atoms in total. The highest BCUT2D eigenvalue weighted by atomic mass is 16.5. The topological polar surface area (TPSA) is 59.1 Å². The first-order valence-electron chi connectivity index (χ1n) is 6.52. The van der Waals surface area contributed by atoms with E-state index in [4.69, 9.17) is 4.74 Å². The van der Waals surface area contributed by atoms with Crippen LogP contribution in [0.2, 0.25) is 0 Å². The van der Waals surface area contributed by atoms with Crippen molar-refractivity contribution in [3.05, 3.63) is 11.4 Å². The average molecular weight is 250 g/mol. The summed E-state index contributed by atoms with van der Waals surface area (Å²) < 4.78 is 5.38. The zero-order chi connectivity index (χ0) is 13.1. The number of hydrogen-bond acceptors (Lipinski definition) is 5. The largest absolute Gasteiger partial charge is 0.379 e. The molecule has 0 spiro atoms. The Balaban J connectivity index is 2.28. The minimum atomic E-state index is 0.318. The van der Waals surface area contributed by atoms with Crippen LogP contribution in [-0.4, -0.2) is 36.3 Å². The van der Waals surface area contributed by atoms with Crippen LogP contribution in [0, 0.1) is 6.92 Å². The summed E-state index contributed by atoms with van der Waals surface area (Å²) in [6.07, 6.45) is 1.04. The van der Waals surface area contributed by atoms with E-state index >= 15 is 0 Å². The van der Waals surface area contributed by atoms with Crippen LogP contribution in [0.25, 0.3) is 0 Å². The van der Waals surface area contributed by atoms with Crippen LogP contribution in [-0.2, 0) is 4.74 Å². The smallest absolute Gasteiger partial charge is 0.135 e. The Morgan fingerprint density at radius 1 is 1.28 bits per heavy atom. The van der Waals surface area contributed by atoms with Crippen molar-refractivity contribution in [3.8, 4) is 0 Å². The molecule has 0 aliphatic carbocycles. The highest BCUT2D eigenvalue weighted by Gasteiger charge is 2.19. The summed E-state index contributed by atoms with van der Waals surface area (Å²) >= 11 is 0. The van der Waals surface area contributed by atoms with Gasteiger partial charge < -0.3 is 15.4 Å². The quantitative estimate of drug-likeness (QED) is 0.857. The molecule has 1 unspecified atom stereocenters. The second kappa shape index (κ2) is 5.52. The van der Waals surface area contributed by atoms with Gasteiger partial charge in [0.1, 0.15) is 17.5 Å². The van der Waals surface area contributed by atoms with Crippen LogP contribution in [0.4, 0.5) is 11.6 Å². The number of anilines is 2. The van der Waals surface area contributed by atoms with Gasteiger partial charge in [-0.2, -0.15) is 0 Å². The van der Waals surface area contributed by atoms with Crippen molar-refractivity contribution in [2.24, 2.45) is 0 Å². The van der Waals surface area contributed by atoms with Crippen LogP contribution in [0.3, 0.4) is 0 Å². The molecule has 18 heavy (non-hydrogen) atoms. The zero-order valence-electron chi connectivity index (χ0n) is 11.6. The molecule has 1 aliphatic rings. The molecule has 1 fully saturated rings.